The van der Waals surface area contributed by atoms with E-state index < -0.39 is 0 Å². The number of hydrogen-bond acceptors (Lipinski definition) is 1. The van der Waals surface area contributed by atoms with Gasteiger partial charge < -0.3 is 0 Å². The van der Waals surface area contributed by atoms with Crippen molar-refractivity contribution in [3.63, 3.8) is 0 Å². The predicted octanol–water partition coefficient (Wildman–Crippen LogP) is 4.00. The van der Waals surface area contributed by atoms with Gasteiger partial charge in [0, 0.05) is 5.57 Å². The van der Waals surface area contributed by atoms with Crippen LogP contribution in [0.25, 0.3) is 0 Å². The summed E-state index contributed by atoms with van der Waals surface area (Å²) in [6, 6.07) is 1.98. The van der Waals surface area contributed by atoms with Crippen LogP contribution in [-0.4, -0.2) is 0 Å². The van der Waals surface area contributed by atoms with Crippen LogP contribution in [0.1, 0.15) is 33.1 Å². The normalized spacial score (nSPS) is 12.4. The maximum absolute atomic E-state index is 8.50. The first-order chi connectivity index (χ1) is 6.61. The molecule has 0 fully saturated rings. The summed E-state index contributed by atoms with van der Waals surface area (Å²) in [5.41, 5.74) is 1.56. The van der Waals surface area contributed by atoms with Crippen molar-refractivity contribution in [3.05, 3.63) is 36.5 Å². The van der Waals surface area contributed by atoms with Gasteiger partial charge in [-0.15, -0.1) is 0 Å². The average Bonchev–Trinajstić information content (AvgIpc) is 2.21. The molecule has 1 nitrogen and oxygen atoms in total. The lowest BCUT2D eigenvalue weighted by Gasteiger charge is -2.10. The van der Waals surface area contributed by atoms with E-state index in [0.717, 1.165) is 5.57 Å². The van der Waals surface area contributed by atoms with Gasteiger partial charge in [0.1, 0.15) is 0 Å². The maximum atomic E-state index is 8.50. The van der Waals surface area contributed by atoms with E-state index in [1.54, 1.807) is 6.08 Å². The van der Waals surface area contributed by atoms with E-state index in [-0.39, 0.29) is 0 Å². The van der Waals surface area contributed by atoms with E-state index in [1.807, 2.05) is 12.1 Å². The fraction of sp³-hybridized carbons (Fsp3) is 0.462. The van der Waals surface area contributed by atoms with Crippen LogP contribution >= 0.6 is 0 Å². The minimum atomic E-state index is 0.480. The summed E-state index contributed by atoms with van der Waals surface area (Å²) >= 11 is 0. The Morgan fingerprint density at radius 3 is 2.57 bits per heavy atom. The topological polar surface area (TPSA) is 23.8 Å². The Kier molecular flexibility index (Phi) is 6.49. The molecule has 0 aromatic rings. The van der Waals surface area contributed by atoms with Crippen LogP contribution in [0.15, 0.2) is 36.5 Å². The number of rotatable bonds is 6. The van der Waals surface area contributed by atoms with Crippen LogP contribution in [0.4, 0.5) is 0 Å². The Labute approximate surface area is 87.4 Å². The van der Waals surface area contributed by atoms with Crippen molar-refractivity contribution in [2.24, 2.45) is 5.92 Å². The summed E-state index contributed by atoms with van der Waals surface area (Å²) in [4.78, 5) is 0. The number of nitriles is 1. The van der Waals surface area contributed by atoms with Crippen LogP contribution in [0, 0.1) is 17.2 Å². The molecule has 0 rings (SSSR count). The third kappa shape index (κ3) is 5.37. The Hall–Kier alpha value is -1.29. The second kappa shape index (κ2) is 7.15. The fourth-order valence-corrected chi connectivity index (χ4v) is 1.10. The van der Waals surface area contributed by atoms with E-state index in [2.05, 4.69) is 27.0 Å². The molecule has 14 heavy (non-hydrogen) atoms. The highest BCUT2D eigenvalue weighted by Gasteiger charge is 2.02. The van der Waals surface area contributed by atoms with Crippen LogP contribution in [0.5, 0.6) is 0 Å². The molecule has 0 bridgehead atoms. The molecule has 0 aromatic carbocycles. The molecule has 0 radical (unpaired) electrons. The first kappa shape index (κ1) is 12.7. The van der Waals surface area contributed by atoms with Gasteiger partial charge in [-0.25, -0.2) is 0 Å². The molecule has 0 heterocycles. The second-order valence-corrected chi connectivity index (χ2v) is 3.59. The third-order valence-corrected chi connectivity index (χ3v) is 2.27. The molecular formula is C13H19N. The van der Waals surface area contributed by atoms with Crippen molar-refractivity contribution in [3.8, 4) is 6.07 Å². The van der Waals surface area contributed by atoms with Crippen LogP contribution < -0.4 is 0 Å². The van der Waals surface area contributed by atoms with Gasteiger partial charge in [0.25, 0.3) is 0 Å². The Balaban J connectivity index is 4.02. The summed E-state index contributed by atoms with van der Waals surface area (Å²) < 4.78 is 0. The molecular weight excluding hydrogens is 170 g/mol. The number of allylic oxidation sites excluding steroid dienone is 4. The van der Waals surface area contributed by atoms with Gasteiger partial charge in [-0.2, -0.15) is 5.26 Å². The highest BCUT2D eigenvalue weighted by atomic mass is 14.2. The molecule has 0 saturated carbocycles. The number of nitrogens with zero attached hydrogens (tertiary/aromatic N) is 1. The largest absolute Gasteiger partial charge is 0.192 e. The van der Waals surface area contributed by atoms with Gasteiger partial charge in [-0.05, 0) is 18.4 Å². The summed E-state index contributed by atoms with van der Waals surface area (Å²) in [6.07, 6.45) is 7.23. The molecule has 0 aromatic heterocycles. The van der Waals surface area contributed by atoms with E-state index in [0.29, 0.717) is 11.5 Å². The smallest absolute Gasteiger partial charge is 0.0985 e. The highest BCUT2D eigenvalue weighted by Crippen LogP contribution is 2.17. The van der Waals surface area contributed by atoms with Crippen molar-refractivity contribution in [2.75, 3.05) is 0 Å². The molecule has 1 heteroatoms. The first-order valence-electron chi connectivity index (χ1n) is 5.07. The first-order valence-corrected chi connectivity index (χ1v) is 5.07. The summed E-state index contributed by atoms with van der Waals surface area (Å²) in [5.74, 6) is 0.498. The SMILES string of the molecule is C=C(C#N)/C=C\C(=C)C(C)CCCC. The third-order valence-electron chi connectivity index (χ3n) is 2.27. The lowest BCUT2D eigenvalue weighted by molar-refractivity contribution is 0.582. The molecule has 0 amide bonds. The lowest BCUT2D eigenvalue weighted by atomic mass is 9.96. The van der Waals surface area contributed by atoms with E-state index in [9.17, 15) is 0 Å². The summed E-state index contributed by atoms with van der Waals surface area (Å²) in [6.45, 7) is 11.9. The molecule has 0 aliphatic heterocycles. The van der Waals surface area contributed by atoms with E-state index in [4.69, 9.17) is 5.26 Å². The monoisotopic (exact) mass is 189 g/mol. The standard InChI is InChI=1S/C13H19N/c1-5-6-7-12(3)13(4)9-8-11(2)10-14/h8-9,12H,2,4-7H2,1,3H3/b9-8-. The Bertz CT molecular complexity index is 265. The molecule has 0 spiro atoms. The number of hydrogen-bond donors (Lipinski definition) is 0. The summed E-state index contributed by atoms with van der Waals surface area (Å²) in [5, 5.41) is 8.50. The molecule has 1 atom stereocenters. The van der Waals surface area contributed by atoms with Gasteiger partial charge >= 0.3 is 0 Å². The van der Waals surface area contributed by atoms with Gasteiger partial charge in [-0.1, -0.05) is 51.5 Å². The van der Waals surface area contributed by atoms with Gasteiger partial charge in [0.05, 0.1) is 6.07 Å². The fourth-order valence-electron chi connectivity index (χ4n) is 1.10. The minimum Gasteiger partial charge on any atom is -0.192 e. The van der Waals surface area contributed by atoms with E-state index >= 15 is 0 Å². The average molecular weight is 189 g/mol. The molecule has 0 N–H and O–H groups in total. The molecule has 0 saturated heterocycles. The van der Waals surface area contributed by atoms with E-state index in [1.165, 1.54) is 19.3 Å². The Morgan fingerprint density at radius 1 is 1.43 bits per heavy atom. The zero-order chi connectivity index (χ0) is 11.0. The summed E-state index contributed by atoms with van der Waals surface area (Å²) in [7, 11) is 0. The maximum Gasteiger partial charge on any atom is 0.0985 e. The zero-order valence-corrected chi connectivity index (χ0v) is 9.21. The zero-order valence-electron chi connectivity index (χ0n) is 9.21. The van der Waals surface area contributed by atoms with Crippen molar-refractivity contribution in [2.45, 2.75) is 33.1 Å². The van der Waals surface area contributed by atoms with Crippen LogP contribution in [0.2, 0.25) is 0 Å². The van der Waals surface area contributed by atoms with Crippen molar-refractivity contribution < 1.29 is 0 Å². The molecule has 0 aliphatic carbocycles. The minimum absolute atomic E-state index is 0.480. The predicted molar refractivity (Wildman–Crippen MR) is 61.7 cm³/mol. The van der Waals surface area contributed by atoms with Crippen LogP contribution in [0.3, 0.4) is 0 Å². The van der Waals surface area contributed by atoms with Crippen molar-refractivity contribution >= 4 is 0 Å². The molecule has 76 valence electrons. The lowest BCUT2D eigenvalue weighted by Crippen LogP contribution is -1.95. The second-order valence-electron chi connectivity index (χ2n) is 3.59. The molecule has 0 aliphatic rings. The van der Waals surface area contributed by atoms with Gasteiger partial charge in [0.2, 0.25) is 0 Å². The van der Waals surface area contributed by atoms with Gasteiger partial charge in [-0.3, -0.25) is 0 Å². The number of unbranched alkanes of at least 4 members (excludes halogenated alkanes) is 1. The molecule has 1 unspecified atom stereocenters. The van der Waals surface area contributed by atoms with Crippen LogP contribution in [-0.2, 0) is 0 Å². The van der Waals surface area contributed by atoms with Crippen molar-refractivity contribution in [1.29, 1.82) is 5.26 Å². The van der Waals surface area contributed by atoms with Gasteiger partial charge in [0.15, 0.2) is 0 Å². The Morgan fingerprint density at radius 2 is 2.07 bits per heavy atom. The highest BCUT2D eigenvalue weighted by molar-refractivity contribution is 5.33. The van der Waals surface area contributed by atoms with Crippen molar-refractivity contribution in [1.82, 2.24) is 0 Å². The quantitative estimate of drug-likeness (QED) is 0.457.